The highest BCUT2D eigenvalue weighted by Crippen LogP contribution is 2.29. The van der Waals surface area contributed by atoms with Crippen molar-refractivity contribution in [1.82, 2.24) is 5.32 Å². The lowest BCUT2D eigenvalue weighted by molar-refractivity contribution is 0.232. The molecule has 1 aliphatic carbocycles. The molecule has 84 valence electrons. The van der Waals surface area contributed by atoms with E-state index in [0.717, 1.165) is 5.92 Å². The normalized spacial score (nSPS) is 22.8. The minimum absolute atomic E-state index is 0.0700. The summed E-state index contributed by atoms with van der Waals surface area (Å²) >= 11 is 0. The van der Waals surface area contributed by atoms with E-state index in [-0.39, 0.29) is 11.8 Å². The van der Waals surface area contributed by atoms with Gasteiger partial charge in [-0.3, -0.25) is 0 Å². The fraction of sp³-hybridized carbons (Fsp3) is 1.00. The van der Waals surface area contributed by atoms with Gasteiger partial charge in [-0.25, -0.2) is 8.42 Å². The van der Waals surface area contributed by atoms with Gasteiger partial charge in [-0.15, -0.1) is 0 Å². The van der Waals surface area contributed by atoms with Crippen molar-refractivity contribution >= 4 is 9.84 Å². The Bertz CT molecular complexity index is 270. The Kier molecular flexibility index (Phi) is 3.95. The van der Waals surface area contributed by atoms with Crippen LogP contribution in [-0.4, -0.2) is 32.5 Å². The predicted octanol–water partition coefficient (Wildman–Crippen LogP) is 1.20. The van der Waals surface area contributed by atoms with E-state index in [9.17, 15) is 8.42 Å². The molecule has 0 aromatic carbocycles. The van der Waals surface area contributed by atoms with E-state index in [0.29, 0.717) is 6.04 Å². The lowest BCUT2D eigenvalue weighted by Gasteiger charge is -2.33. The summed E-state index contributed by atoms with van der Waals surface area (Å²) in [5, 5.41) is 3.36. The van der Waals surface area contributed by atoms with E-state index in [1.54, 1.807) is 0 Å². The average molecular weight is 219 g/mol. The predicted molar refractivity (Wildman–Crippen MR) is 59.1 cm³/mol. The molecule has 14 heavy (non-hydrogen) atoms. The molecule has 2 unspecified atom stereocenters. The molecule has 0 saturated heterocycles. The van der Waals surface area contributed by atoms with E-state index in [4.69, 9.17) is 0 Å². The number of rotatable bonds is 5. The third-order valence-corrected chi connectivity index (χ3v) is 4.06. The molecule has 0 heterocycles. The Morgan fingerprint density at radius 3 is 2.29 bits per heavy atom. The largest absolute Gasteiger partial charge is 0.310 e. The zero-order valence-corrected chi connectivity index (χ0v) is 10.1. The van der Waals surface area contributed by atoms with E-state index >= 15 is 0 Å². The van der Waals surface area contributed by atoms with Gasteiger partial charge in [0.25, 0.3) is 0 Å². The molecule has 0 spiro atoms. The second-order valence-corrected chi connectivity index (χ2v) is 6.82. The zero-order chi connectivity index (χ0) is 10.8. The molecule has 2 atom stereocenters. The second kappa shape index (κ2) is 4.62. The maximum absolute atomic E-state index is 11.0. The highest BCUT2D eigenvalue weighted by Gasteiger charge is 2.25. The van der Waals surface area contributed by atoms with Crippen molar-refractivity contribution < 1.29 is 8.42 Å². The van der Waals surface area contributed by atoms with Gasteiger partial charge in [-0.05, 0) is 32.6 Å². The summed E-state index contributed by atoms with van der Waals surface area (Å²) < 4.78 is 22.1. The van der Waals surface area contributed by atoms with Gasteiger partial charge in [0.1, 0.15) is 9.84 Å². The van der Waals surface area contributed by atoms with Crippen LogP contribution < -0.4 is 5.32 Å². The molecule has 1 aliphatic rings. The van der Waals surface area contributed by atoms with Crippen molar-refractivity contribution in [2.45, 2.75) is 45.2 Å². The van der Waals surface area contributed by atoms with Crippen molar-refractivity contribution in [3.8, 4) is 0 Å². The van der Waals surface area contributed by atoms with Crippen molar-refractivity contribution in [2.24, 2.45) is 5.92 Å². The Morgan fingerprint density at radius 2 is 1.93 bits per heavy atom. The monoisotopic (exact) mass is 219 g/mol. The van der Waals surface area contributed by atoms with Crippen LogP contribution in [0.2, 0.25) is 0 Å². The molecule has 0 aromatic heterocycles. The second-order valence-electron chi connectivity index (χ2n) is 4.64. The number of nitrogens with one attached hydrogen (secondary N) is 1. The first-order valence-corrected chi connectivity index (χ1v) is 7.38. The van der Waals surface area contributed by atoms with Crippen molar-refractivity contribution in [3.63, 3.8) is 0 Å². The van der Waals surface area contributed by atoms with Crippen LogP contribution in [0.25, 0.3) is 0 Å². The number of hydrogen-bond acceptors (Lipinski definition) is 3. The van der Waals surface area contributed by atoms with E-state index in [1.807, 2.05) is 6.92 Å². The average Bonchev–Trinajstić information content (AvgIpc) is 1.75. The first kappa shape index (κ1) is 12.0. The molecule has 1 saturated carbocycles. The molecule has 0 aromatic rings. The quantitative estimate of drug-likeness (QED) is 0.755. The highest BCUT2D eigenvalue weighted by molar-refractivity contribution is 7.90. The lowest BCUT2D eigenvalue weighted by atomic mass is 9.80. The molecule has 4 heteroatoms. The Labute approximate surface area is 87.2 Å². The molecule has 1 N–H and O–H groups in total. The van der Waals surface area contributed by atoms with Crippen molar-refractivity contribution in [3.05, 3.63) is 0 Å². The standard InChI is InChI=1S/C10H21NO2S/c1-8(7-14(3,12)13)11-9(2)10-5-4-6-10/h8-11H,4-7H2,1-3H3. The van der Waals surface area contributed by atoms with Crippen LogP contribution in [0.1, 0.15) is 33.1 Å². The number of sulfone groups is 1. The van der Waals surface area contributed by atoms with Gasteiger partial charge in [-0.1, -0.05) is 6.42 Å². The maximum Gasteiger partial charge on any atom is 0.148 e. The van der Waals surface area contributed by atoms with Gasteiger partial charge in [0, 0.05) is 18.3 Å². The molecule has 0 amide bonds. The summed E-state index contributed by atoms with van der Waals surface area (Å²) in [4.78, 5) is 0. The molecule has 0 bridgehead atoms. The number of hydrogen-bond donors (Lipinski definition) is 1. The van der Waals surface area contributed by atoms with Crippen LogP contribution in [0.4, 0.5) is 0 Å². The molecule has 0 radical (unpaired) electrons. The van der Waals surface area contributed by atoms with Crippen LogP contribution >= 0.6 is 0 Å². The van der Waals surface area contributed by atoms with Gasteiger partial charge in [-0.2, -0.15) is 0 Å². The minimum Gasteiger partial charge on any atom is -0.310 e. The third kappa shape index (κ3) is 3.96. The molecule has 1 rings (SSSR count). The van der Waals surface area contributed by atoms with Gasteiger partial charge in [0.15, 0.2) is 0 Å². The van der Waals surface area contributed by atoms with Crippen LogP contribution in [0.3, 0.4) is 0 Å². The van der Waals surface area contributed by atoms with Gasteiger partial charge >= 0.3 is 0 Å². The Balaban J connectivity index is 2.28. The molecular formula is C10H21NO2S. The van der Waals surface area contributed by atoms with Crippen molar-refractivity contribution in [1.29, 1.82) is 0 Å². The lowest BCUT2D eigenvalue weighted by Crippen LogP contribution is -2.44. The third-order valence-electron chi connectivity index (χ3n) is 2.96. The topological polar surface area (TPSA) is 46.2 Å². The van der Waals surface area contributed by atoms with Crippen LogP contribution in [0.15, 0.2) is 0 Å². The maximum atomic E-state index is 11.0. The first-order chi connectivity index (χ1) is 6.38. The van der Waals surface area contributed by atoms with E-state index < -0.39 is 9.84 Å². The molecular weight excluding hydrogens is 198 g/mol. The van der Waals surface area contributed by atoms with Gasteiger partial charge < -0.3 is 5.32 Å². The van der Waals surface area contributed by atoms with Gasteiger partial charge in [0.2, 0.25) is 0 Å². The van der Waals surface area contributed by atoms with Crippen LogP contribution in [0, 0.1) is 5.92 Å². The summed E-state index contributed by atoms with van der Waals surface area (Å²) in [5.74, 6) is 1.00. The molecule has 3 nitrogen and oxygen atoms in total. The summed E-state index contributed by atoms with van der Waals surface area (Å²) in [5.41, 5.74) is 0. The Morgan fingerprint density at radius 1 is 1.36 bits per heavy atom. The van der Waals surface area contributed by atoms with Crippen LogP contribution in [-0.2, 0) is 9.84 Å². The van der Waals surface area contributed by atoms with Crippen molar-refractivity contribution in [2.75, 3.05) is 12.0 Å². The zero-order valence-electron chi connectivity index (χ0n) is 9.29. The fourth-order valence-corrected chi connectivity index (χ4v) is 3.03. The molecule has 0 aliphatic heterocycles. The van der Waals surface area contributed by atoms with Crippen LogP contribution in [0.5, 0.6) is 0 Å². The summed E-state index contributed by atoms with van der Waals surface area (Å²) in [7, 11) is -2.85. The summed E-state index contributed by atoms with van der Waals surface area (Å²) in [6.07, 6.45) is 5.20. The smallest absolute Gasteiger partial charge is 0.148 e. The van der Waals surface area contributed by atoms with E-state index in [1.165, 1.54) is 25.5 Å². The minimum atomic E-state index is -2.85. The van der Waals surface area contributed by atoms with E-state index in [2.05, 4.69) is 12.2 Å². The highest BCUT2D eigenvalue weighted by atomic mass is 32.2. The van der Waals surface area contributed by atoms with Gasteiger partial charge in [0.05, 0.1) is 5.75 Å². The fourth-order valence-electron chi connectivity index (χ4n) is 2.03. The Hall–Kier alpha value is -0.0900. The summed E-state index contributed by atoms with van der Waals surface area (Å²) in [6, 6.07) is 0.529. The first-order valence-electron chi connectivity index (χ1n) is 5.32. The SMILES string of the molecule is CC(CS(C)(=O)=O)NC(C)C1CCC1. The molecule has 1 fully saturated rings. The summed E-state index contributed by atoms with van der Waals surface area (Å²) in [6.45, 7) is 4.10.